The van der Waals surface area contributed by atoms with Gasteiger partial charge in [0.1, 0.15) is 21.9 Å². The summed E-state index contributed by atoms with van der Waals surface area (Å²) in [5.41, 5.74) is 0.887. The lowest BCUT2D eigenvalue weighted by atomic mass is 10.1. The number of carbonyl (C=O) groups excluding carboxylic acids is 1. The summed E-state index contributed by atoms with van der Waals surface area (Å²) in [5, 5.41) is 10.6. The van der Waals surface area contributed by atoms with Crippen molar-refractivity contribution in [1.29, 1.82) is 0 Å². The molecule has 3 rings (SSSR count). The Bertz CT molecular complexity index is 792. The first kappa shape index (κ1) is 19.0. The monoisotopic (exact) mass is 378 g/mol. The van der Waals surface area contributed by atoms with Gasteiger partial charge in [0.2, 0.25) is 0 Å². The number of aliphatic hydroxyl groups excluding tert-OH is 1. The Morgan fingerprint density at radius 1 is 1.46 bits per heavy atom. The normalized spacial score (nSPS) is 19.7. The molecule has 1 aliphatic rings. The van der Waals surface area contributed by atoms with Gasteiger partial charge in [-0.2, -0.15) is 0 Å². The lowest BCUT2D eigenvalue weighted by Crippen LogP contribution is -2.53. The fraction of sp³-hybridized carbons (Fsp3) is 0.611. The molecule has 3 heterocycles. The minimum Gasteiger partial charge on any atom is -0.462 e. The van der Waals surface area contributed by atoms with Crippen molar-refractivity contribution in [2.75, 3.05) is 37.7 Å². The molecule has 1 saturated heterocycles. The number of hydrogen-bond acceptors (Lipinski definition) is 8. The average molecular weight is 378 g/mol. The third-order valence-corrected chi connectivity index (χ3v) is 5.85. The Hall–Kier alpha value is -1.77. The molecule has 0 saturated carbocycles. The van der Waals surface area contributed by atoms with Crippen LogP contribution in [0.4, 0.5) is 5.82 Å². The molecule has 2 atom stereocenters. The van der Waals surface area contributed by atoms with Gasteiger partial charge in [-0.1, -0.05) is 0 Å². The van der Waals surface area contributed by atoms with E-state index < -0.39 is 0 Å². The number of aryl methyl sites for hydroxylation is 1. The molecule has 0 amide bonds. The van der Waals surface area contributed by atoms with Crippen molar-refractivity contribution in [3.8, 4) is 0 Å². The van der Waals surface area contributed by atoms with Gasteiger partial charge < -0.3 is 14.7 Å². The lowest BCUT2D eigenvalue weighted by Gasteiger charge is -2.41. The van der Waals surface area contributed by atoms with E-state index in [2.05, 4.69) is 26.7 Å². The van der Waals surface area contributed by atoms with Gasteiger partial charge in [-0.15, -0.1) is 11.3 Å². The smallest absolute Gasteiger partial charge is 0.348 e. The van der Waals surface area contributed by atoms with Crippen LogP contribution in [0.2, 0.25) is 0 Å². The van der Waals surface area contributed by atoms with Gasteiger partial charge in [0.05, 0.1) is 18.1 Å². The molecular formula is C18H26N4O3S. The minimum atomic E-state index is -0.328. The Kier molecular flexibility index (Phi) is 5.74. The second-order valence-corrected chi connectivity index (χ2v) is 7.80. The maximum absolute atomic E-state index is 12.2. The van der Waals surface area contributed by atoms with Gasteiger partial charge in [0.15, 0.2) is 0 Å². The molecule has 1 N–H and O–H groups in total. The summed E-state index contributed by atoms with van der Waals surface area (Å²) in [5.74, 6) is 0.581. The number of carbonyl (C=O) groups is 1. The van der Waals surface area contributed by atoms with E-state index in [0.29, 0.717) is 18.0 Å². The fourth-order valence-corrected chi connectivity index (χ4v) is 4.59. The Morgan fingerprint density at radius 2 is 2.23 bits per heavy atom. The van der Waals surface area contributed by atoms with Crippen molar-refractivity contribution in [2.45, 2.75) is 39.8 Å². The zero-order valence-corrected chi connectivity index (χ0v) is 16.5. The van der Waals surface area contributed by atoms with E-state index in [1.807, 2.05) is 13.8 Å². The van der Waals surface area contributed by atoms with Crippen molar-refractivity contribution in [2.24, 2.45) is 0 Å². The highest BCUT2D eigenvalue weighted by molar-refractivity contribution is 7.20. The first-order chi connectivity index (χ1) is 12.4. The number of thiophene rings is 1. The number of rotatable bonds is 5. The van der Waals surface area contributed by atoms with Gasteiger partial charge in [-0.3, -0.25) is 4.90 Å². The largest absolute Gasteiger partial charge is 0.462 e. The second-order valence-electron chi connectivity index (χ2n) is 6.81. The van der Waals surface area contributed by atoms with Crippen molar-refractivity contribution in [3.05, 3.63) is 16.8 Å². The number of fused-ring (bicyclic) bond motifs is 1. The maximum Gasteiger partial charge on any atom is 0.348 e. The molecule has 1 fully saturated rings. The van der Waals surface area contributed by atoms with Crippen LogP contribution in [0.15, 0.2) is 6.33 Å². The van der Waals surface area contributed by atoms with Crippen LogP contribution in [0, 0.1) is 6.92 Å². The lowest BCUT2D eigenvalue weighted by molar-refractivity contribution is 0.0531. The van der Waals surface area contributed by atoms with Gasteiger partial charge in [0, 0.05) is 32.2 Å². The molecule has 0 spiro atoms. The summed E-state index contributed by atoms with van der Waals surface area (Å²) in [6.07, 6.45) is 1.24. The molecule has 0 aromatic carbocycles. The molecule has 0 radical (unpaired) electrons. The Labute approximate surface area is 157 Å². The number of anilines is 1. The standard InChI is InChI=1S/C18H26N4O3S/c1-5-25-18(24)15-13(4)14-16(19-10-20-17(14)26-15)22-7-6-21(8-11(22)2)9-12(3)23/h10-12,23H,5-9H2,1-4H3. The summed E-state index contributed by atoms with van der Waals surface area (Å²) in [6.45, 7) is 11.3. The van der Waals surface area contributed by atoms with Crippen LogP contribution in [0.1, 0.15) is 36.0 Å². The highest BCUT2D eigenvalue weighted by Crippen LogP contribution is 2.36. The quantitative estimate of drug-likeness (QED) is 0.798. The van der Waals surface area contributed by atoms with E-state index in [9.17, 15) is 9.90 Å². The van der Waals surface area contributed by atoms with E-state index in [4.69, 9.17) is 4.74 Å². The highest BCUT2D eigenvalue weighted by Gasteiger charge is 2.29. The molecule has 1 aliphatic heterocycles. The number of β-amino-alcohol motifs (C(OH)–C–C–N with tert-alkyl or cyclic N) is 1. The number of aliphatic hydroxyl groups is 1. The van der Waals surface area contributed by atoms with Crippen molar-refractivity contribution in [3.63, 3.8) is 0 Å². The van der Waals surface area contributed by atoms with Crippen LogP contribution >= 0.6 is 11.3 Å². The predicted octanol–water partition coefficient (Wildman–Crippen LogP) is 2.07. The second kappa shape index (κ2) is 7.85. The van der Waals surface area contributed by atoms with Gasteiger partial charge in [-0.05, 0) is 33.3 Å². The topological polar surface area (TPSA) is 78.8 Å². The van der Waals surface area contributed by atoms with Crippen LogP contribution in [0.25, 0.3) is 10.2 Å². The number of hydrogen-bond donors (Lipinski definition) is 1. The molecule has 8 heteroatoms. The highest BCUT2D eigenvalue weighted by atomic mass is 32.1. The van der Waals surface area contributed by atoms with E-state index in [-0.39, 0.29) is 18.1 Å². The first-order valence-electron chi connectivity index (χ1n) is 9.00. The molecule has 0 aliphatic carbocycles. The molecule has 2 unspecified atom stereocenters. The predicted molar refractivity (Wildman–Crippen MR) is 103 cm³/mol. The summed E-state index contributed by atoms with van der Waals surface area (Å²) < 4.78 is 5.18. The number of esters is 1. The SMILES string of the molecule is CCOC(=O)c1sc2ncnc(N3CCN(CC(C)O)CC3C)c2c1C. The van der Waals surface area contributed by atoms with Crippen molar-refractivity contribution in [1.82, 2.24) is 14.9 Å². The molecule has 2 aromatic heterocycles. The van der Waals surface area contributed by atoms with Crippen molar-refractivity contribution < 1.29 is 14.6 Å². The molecule has 0 bridgehead atoms. The third-order valence-electron chi connectivity index (χ3n) is 4.67. The summed E-state index contributed by atoms with van der Waals surface area (Å²) in [4.78, 5) is 27.1. The van der Waals surface area contributed by atoms with Crippen LogP contribution in [-0.2, 0) is 4.74 Å². The van der Waals surface area contributed by atoms with Gasteiger partial charge in [0.25, 0.3) is 0 Å². The van der Waals surface area contributed by atoms with Crippen LogP contribution in [0.5, 0.6) is 0 Å². The minimum absolute atomic E-state index is 0.256. The molecule has 2 aromatic rings. The van der Waals surface area contributed by atoms with E-state index in [1.54, 1.807) is 13.3 Å². The molecule has 26 heavy (non-hydrogen) atoms. The van der Waals surface area contributed by atoms with Crippen LogP contribution < -0.4 is 4.90 Å². The summed E-state index contributed by atoms with van der Waals surface area (Å²) >= 11 is 1.36. The van der Waals surface area contributed by atoms with Gasteiger partial charge in [-0.25, -0.2) is 14.8 Å². The number of nitrogens with zero attached hydrogens (tertiary/aromatic N) is 4. The Morgan fingerprint density at radius 3 is 2.88 bits per heavy atom. The molecule has 142 valence electrons. The van der Waals surface area contributed by atoms with Crippen LogP contribution in [0.3, 0.4) is 0 Å². The van der Waals surface area contributed by atoms with Crippen molar-refractivity contribution >= 4 is 33.3 Å². The van der Waals surface area contributed by atoms with Crippen LogP contribution in [-0.4, -0.2) is 70.9 Å². The maximum atomic E-state index is 12.2. The molecule has 7 nitrogen and oxygen atoms in total. The summed E-state index contributed by atoms with van der Waals surface area (Å²) in [7, 11) is 0. The first-order valence-corrected chi connectivity index (χ1v) is 9.82. The number of ether oxygens (including phenoxy) is 1. The zero-order valence-electron chi connectivity index (χ0n) is 15.7. The van der Waals surface area contributed by atoms with E-state index in [1.165, 1.54) is 11.3 Å². The summed E-state index contributed by atoms with van der Waals surface area (Å²) in [6, 6.07) is 0.256. The zero-order chi connectivity index (χ0) is 18.8. The van der Waals surface area contributed by atoms with E-state index in [0.717, 1.165) is 41.2 Å². The van der Waals surface area contributed by atoms with E-state index >= 15 is 0 Å². The average Bonchev–Trinajstić information content (AvgIpc) is 2.92. The third kappa shape index (κ3) is 3.67. The Balaban J connectivity index is 1.92. The van der Waals surface area contributed by atoms with Gasteiger partial charge >= 0.3 is 5.97 Å². The number of aromatic nitrogens is 2. The fourth-order valence-electron chi connectivity index (χ4n) is 3.55. The number of piperazine rings is 1. The molecular weight excluding hydrogens is 352 g/mol.